The van der Waals surface area contributed by atoms with Crippen molar-refractivity contribution in [2.24, 2.45) is 4.99 Å². The van der Waals surface area contributed by atoms with Crippen molar-refractivity contribution in [2.75, 3.05) is 5.75 Å². The number of nitrogens with one attached hydrogen (secondary N) is 1. The molecule has 0 aromatic heterocycles. The number of benzene rings is 1. The van der Waals surface area contributed by atoms with Gasteiger partial charge in [-0.1, -0.05) is 48.3 Å². The summed E-state index contributed by atoms with van der Waals surface area (Å²) in [6, 6.07) is 7.92. The Hall–Kier alpha value is -0.670. The van der Waals surface area contributed by atoms with Crippen LogP contribution < -0.4 is 5.32 Å². The first-order chi connectivity index (χ1) is 8.76. The van der Waals surface area contributed by atoms with Gasteiger partial charge in [-0.15, -0.1) is 0 Å². The minimum Gasteiger partial charge on any atom is -0.359 e. The largest absolute Gasteiger partial charge is 0.359 e. The van der Waals surface area contributed by atoms with Gasteiger partial charge in [-0.3, -0.25) is 4.99 Å². The van der Waals surface area contributed by atoms with E-state index >= 15 is 0 Å². The molecule has 18 heavy (non-hydrogen) atoms. The van der Waals surface area contributed by atoms with E-state index in [0.29, 0.717) is 5.54 Å². The number of halogens is 1. The summed E-state index contributed by atoms with van der Waals surface area (Å²) in [6.45, 7) is 0.739. The zero-order valence-electron chi connectivity index (χ0n) is 10.3. The average molecular weight is 281 g/mol. The molecule has 0 atom stereocenters. The van der Waals surface area contributed by atoms with E-state index in [0.717, 1.165) is 16.7 Å². The Morgan fingerprint density at radius 2 is 1.94 bits per heavy atom. The highest BCUT2D eigenvalue weighted by molar-refractivity contribution is 8.14. The first-order valence-corrected chi connectivity index (χ1v) is 7.82. The first kappa shape index (κ1) is 12.4. The van der Waals surface area contributed by atoms with Crippen LogP contribution in [0, 0.1) is 0 Å². The predicted molar refractivity (Wildman–Crippen MR) is 79.4 cm³/mol. The van der Waals surface area contributed by atoms with Gasteiger partial charge in [0, 0.05) is 16.3 Å². The molecule has 1 aliphatic heterocycles. The Balaban J connectivity index is 1.62. The second-order valence-electron chi connectivity index (χ2n) is 5.15. The molecule has 4 heteroatoms. The van der Waals surface area contributed by atoms with Gasteiger partial charge in [0.15, 0.2) is 5.17 Å². The van der Waals surface area contributed by atoms with Crippen LogP contribution >= 0.6 is 23.4 Å². The summed E-state index contributed by atoms with van der Waals surface area (Å²) in [5.41, 5.74) is 1.57. The van der Waals surface area contributed by atoms with E-state index in [1.54, 1.807) is 0 Å². The molecule has 0 bridgehead atoms. The third-order valence-electron chi connectivity index (χ3n) is 3.74. The van der Waals surface area contributed by atoms with Gasteiger partial charge in [-0.2, -0.15) is 0 Å². The Morgan fingerprint density at radius 1 is 1.22 bits per heavy atom. The Bertz CT molecular complexity index is 449. The van der Waals surface area contributed by atoms with E-state index in [1.165, 1.54) is 37.0 Å². The molecular formula is C14H17ClN2S. The SMILES string of the molecule is Clc1ccc(CN=C2NC3(CCCC3)CS2)cc1. The smallest absolute Gasteiger partial charge is 0.157 e. The van der Waals surface area contributed by atoms with Crippen LogP contribution in [-0.2, 0) is 6.54 Å². The quantitative estimate of drug-likeness (QED) is 0.890. The molecule has 0 amide bonds. The van der Waals surface area contributed by atoms with E-state index < -0.39 is 0 Å². The van der Waals surface area contributed by atoms with Crippen LogP contribution in [0.25, 0.3) is 0 Å². The first-order valence-electron chi connectivity index (χ1n) is 6.46. The maximum Gasteiger partial charge on any atom is 0.157 e. The zero-order valence-corrected chi connectivity index (χ0v) is 11.9. The maximum absolute atomic E-state index is 5.87. The highest BCUT2D eigenvalue weighted by atomic mass is 35.5. The van der Waals surface area contributed by atoms with Crippen molar-refractivity contribution < 1.29 is 0 Å². The fraction of sp³-hybridized carbons (Fsp3) is 0.500. The van der Waals surface area contributed by atoms with Crippen molar-refractivity contribution in [3.63, 3.8) is 0 Å². The minimum atomic E-state index is 0.365. The Morgan fingerprint density at radius 3 is 2.67 bits per heavy atom. The van der Waals surface area contributed by atoms with Gasteiger partial charge in [0.2, 0.25) is 0 Å². The van der Waals surface area contributed by atoms with E-state index in [4.69, 9.17) is 11.6 Å². The minimum absolute atomic E-state index is 0.365. The van der Waals surface area contributed by atoms with E-state index in [-0.39, 0.29) is 0 Å². The van der Waals surface area contributed by atoms with Crippen molar-refractivity contribution in [1.29, 1.82) is 0 Å². The van der Waals surface area contributed by atoms with Crippen molar-refractivity contribution in [3.8, 4) is 0 Å². The van der Waals surface area contributed by atoms with Crippen LogP contribution in [0.4, 0.5) is 0 Å². The Labute approximate surface area is 117 Å². The van der Waals surface area contributed by atoms with E-state index in [2.05, 4.69) is 10.3 Å². The maximum atomic E-state index is 5.87. The summed E-state index contributed by atoms with van der Waals surface area (Å²) in [7, 11) is 0. The van der Waals surface area contributed by atoms with Crippen LogP contribution in [0.1, 0.15) is 31.2 Å². The molecular weight excluding hydrogens is 264 g/mol. The highest BCUT2D eigenvalue weighted by Gasteiger charge is 2.39. The molecule has 96 valence electrons. The number of aliphatic imine (C=N–C) groups is 1. The van der Waals surface area contributed by atoms with Crippen LogP contribution in [-0.4, -0.2) is 16.5 Å². The normalized spacial score (nSPS) is 23.7. The number of thioether (sulfide) groups is 1. The summed E-state index contributed by atoms with van der Waals surface area (Å²) >= 11 is 7.74. The third-order valence-corrected chi connectivity index (χ3v) is 5.19. The standard InChI is InChI=1S/C14H17ClN2S/c15-12-5-3-11(4-6-12)9-16-13-17-14(10-18-13)7-1-2-8-14/h3-6H,1-2,7-10H2,(H,16,17). The Kier molecular flexibility index (Phi) is 3.53. The molecule has 1 aromatic carbocycles. The third kappa shape index (κ3) is 2.67. The zero-order chi connectivity index (χ0) is 12.4. The molecule has 2 nitrogen and oxygen atoms in total. The van der Waals surface area contributed by atoms with Crippen LogP contribution in [0.2, 0.25) is 5.02 Å². The predicted octanol–water partition coefficient (Wildman–Crippen LogP) is 3.85. The molecule has 1 saturated heterocycles. The second-order valence-corrected chi connectivity index (χ2v) is 6.55. The number of hydrogen-bond acceptors (Lipinski definition) is 2. The van der Waals surface area contributed by atoms with E-state index in [1.807, 2.05) is 36.0 Å². The van der Waals surface area contributed by atoms with Gasteiger partial charge >= 0.3 is 0 Å². The number of rotatable bonds is 2. The molecule has 1 spiro atoms. The lowest BCUT2D eigenvalue weighted by molar-refractivity contribution is 0.452. The fourth-order valence-corrected chi connectivity index (χ4v) is 4.01. The molecule has 0 unspecified atom stereocenters. The molecule has 2 aliphatic rings. The molecule has 0 radical (unpaired) electrons. The van der Waals surface area contributed by atoms with Crippen molar-refractivity contribution in [2.45, 2.75) is 37.8 Å². The van der Waals surface area contributed by atoms with Gasteiger partial charge in [0.1, 0.15) is 0 Å². The molecule has 1 saturated carbocycles. The molecule has 1 N–H and O–H groups in total. The number of nitrogens with zero attached hydrogens (tertiary/aromatic N) is 1. The van der Waals surface area contributed by atoms with Crippen LogP contribution in [0.5, 0.6) is 0 Å². The van der Waals surface area contributed by atoms with Gasteiger partial charge in [-0.25, -0.2) is 0 Å². The fourth-order valence-electron chi connectivity index (χ4n) is 2.66. The molecule has 1 heterocycles. The highest BCUT2D eigenvalue weighted by Crippen LogP contribution is 2.37. The van der Waals surface area contributed by atoms with Crippen molar-refractivity contribution in [3.05, 3.63) is 34.9 Å². The summed E-state index contributed by atoms with van der Waals surface area (Å²) in [5, 5.41) is 5.53. The van der Waals surface area contributed by atoms with E-state index in [9.17, 15) is 0 Å². The second kappa shape index (κ2) is 5.14. The summed E-state index contributed by atoms with van der Waals surface area (Å²) in [4.78, 5) is 4.67. The summed E-state index contributed by atoms with van der Waals surface area (Å²) in [6.07, 6.45) is 5.33. The van der Waals surface area contributed by atoms with Gasteiger partial charge < -0.3 is 5.32 Å². The summed E-state index contributed by atoms with van der Waals surface area (Å²) < 4.78 is 0. The average Bonchev–Trinajstić information content (AvgIpc) is 3.00. The van der Waals surface area contributed by atoms with Crippen LogP contribution in [0.3, 0.4) is 0 Å². The molecule has 3 rings (SSSR count). The molecule has 2 fully saturated rings. The molecule has 1 aromatic rings. The summed E-state index contributed by atoms with van der Waals surface area (Å²) in [5.74, 6) is 1.19. The van der Waals surface area contributed by atoms with Gasteiger partial charge in [0.05, 0.1) is 6.54 Å². The lowest BCUT2D eigenvalue weighted by atomic mass is 10.0. The topological polar surface area (TPSA) is 24.4 Å². The van der Waals surface area contributed by atoms with Gasteiger partial charge in [-0.05, 0) is 30.5 Å². The van der Waals surface area contributed by atoms with Crippen molar-refractivity contribution in [1.82, 2.24) is 5.32 Å². The van der Waals surface area contributed by atoms with Gasteiger partial charge in [0.25, 0.3) is 0 Å². The molecule has 1 aliphatic carbocycles. The lowest BCUT2D eigenvalue weighted by Crippen LogP contribution is -2.40. The monoisotopic (exact) mass is 280 g/mol. The number of hydrogen-bond donors (Lipinski definition) is 1. The van der Waals surface area contributed by atoms with Crippen molar-refractivity contribution >= 4 is 28.5 Å². The lowest BCUT2D eigenvalue weighted by Gasteiger charge is -2.21. The number of amidine groups is 1. The van der Waals surface area contributed by atoms with Crippen LogP contribution in [0.15, 0.2) is 29.3 Å².